The molecule has 1 amide bonds. The molecule has 1 aromatic heterocycles. The topological polar surface area (TPSA) is 55.3 Å². The van der Waals surface area contributed by atoms with Crippen molar-refractivity contribution in [3.8, 4) is 5.75 Å². The molecule has 1 atom stereocenters. The van der Waals surface area contributed by atoms with Crippen molar-refractivity contribution in [2.45, 2.75) is 26.2 Å². The molecule has 0 bridgehead atoms. The van der Waals surface area contributed by atoms with Gasteiger partial charge in [0, 0.05) is 13.1 Å². The van der Waals surface area contributed by atoms with Crippen molar-refractivity contribution in [2.24, 2.45) is 5.92 Å². The van der Waals surface area contributed by atoms with Gasteiger partial charge in [-0.2, -0.15) is 0 Å². The molecule has 2 aromatic rings. The van der Waals surface area contributed by atoms with Crippen molar-refractivity contribution in [3.63, 3.8) is 0 Å². The molecule has 1 aliphatic rings. The Morgan fingerprint density at radius 1 is 1.39 bits per heavy atom. The summed E-state index contributed by atoms with van der Waals surface area (Å²) >= 11 is 1.19. The molecule has 2 heterocycles. The normalized spacial score (nSPS) is 18.0. The largest absolute Gasteiger partial charge is 0.497 e. The fraction of sp³-hybridized carbons (Fsp3) is 0.471. The Labute approximate surface area is 140 Å². The summed E-state index contributed by atoms with van der Waals surface area (Å²) in [7, 11) is 1.68. The average molecular weight is 331 g/mol. The van der Waals surface area contributed by atoms with E-state index in [0.29, 0.717) is 10.8 Å². The maximum Gasteiger partial charge on any atom is 0.267 e. The zero-order valence-electron chi connectivity index (χ0n) is 13.5. The standard InChI is InChI=1S/C17H21N3O2S/c1-12-16(23-19-18-12)17(21)20-9-3-4-14(11-20)10-13-5-7-15(22-2)8-6-13/h5-8,14H,3-4,9-11H2,1-2H3. The Kier molecular flexibility index (Phi) is 4.91. The van der Waals surface area contributed by atoms with E-state index in [-0.39, 0.29) is 5.91 Å². The van der Waals surface area contributed by atoms with Crippen LogP contribution < -0.4 is 4.74 Å². The first-order valence-corrected chi connectivity index (χ1v) is 8.66. The number of amides is 1. The lowest BCUT2D eigenvalue weighted by atomic mass is 9.91. The summed E-state index contributed by atoms with van der Waals surface area (Å²) in [4.78, 5) is 15.2. The minimum atomic E-state index is 0.0805. The number of rotatable bonds is 4. The van der Waals surface area contributed by atoms with Gasteiger partial charge < -0.3 is 9.64 Å². The highest BCUT2D eigenvalue weighted by atomic mass is 32.1. The molecule has 0 spiro atoms. The highest BCUT2D eigenvalue weighted by Crippen LogP contribution is 2.24. The minimum absolute atomic E-state index is 0.0805. The van der Waals surface area contributed by atoms with Crippen LogP contribution in [0, 0.1) is 12.8 Å². The first-order valence-electron chi connectivity index (χ1n) is 7.88. The summed E-state index contributed by atoms with van der Waals surface area (Å²) in [6, 6.07) is 8.20. The van der Waals surface area contributed by atoms with Crippen molar-refractivity contribution in [3.05, 3.63) is 40.4 Å². The molecular weight excluding hydrogens is 310 g/mol. The lowest BCUT2D eigenvalue weighted by molar-refractivity contribution is 0.0677. The highest BCUT2D eigenvalue weighted by Gasteiger charge is 2.26. The summed E-state index contributed by atoms with van der Waals surface area (Å²) in [6.45, 7) is 3.48. The second-order valence-electron chi connectivity index (χ2n) is 6.00. The Hall–Kier alpha value is -1.95. The molecule has 1 aliphatic heterocycles. The number of methoxy groups -OCH3 is 1. The third-order valence-corrected chi connectivity index (χ3v) is 5.15. The van der Waals surface area contributed by atoms with Crippen LogP contribution in [0.5, 0.6) is 5.75 Å². The summed E-state index contributed by atoms with van der Waals surface area (Å²) in [5.41, 5.74) is 2.03. The predicted octanol–water partition coefficient (Wildman–Crippen LogP) is 2.95. The summed E-state index contributed by atoms with van der Waals surface area (Å²) in [5.74, 6) is 1.46. The van der Waals surface area contributed by atoms with E-state index >= 15 is 0 Å². The fourth-order valence-electron chi connectivity index (χ4n) is 3.08. The lowest BCUT2D eigenvalue weighted by Gasteiger charge is -2.32. The maximum atomic E-state index is 12.6. The number of ether oxygens (including phenoxy) is 1. The van der Waals surface area contributed by atoms with Crippen LogP contribution in [-0.4, -0.2) is 40.6 Å². The Balaban J connectivity index is 1.63. The van der Waals surface area contributed by atoms with E-state index in [1.807, 2.05) is 24.0 Å². The van der Waals surface area contributed by atoms with Crippen LogP contribution in [0.15, 0.2) is 24.3 Å². The van der Waals surface area contributed by atoms with Crippen LogP contribution in [-0.2, 0) is 6.42 Å². The maximum absolute atomic E-state index is 12.6. The van der Waals surface area contributed by atoms with E-state index in [1.165, 1.54) is 17.1 Å². The van der Waals surface area contributed by atoms with E-state index < -0.39 is 0 Å². The average Bonchev–Trinajstić information content (AvgIpc) is 3.01. The van der Waals surface area contributed by atoms with Crippen LogP contribution in [0.25, 0.3) is 0 Å². The van der Waals surface area contributed by atoms with Crippen molar-refractivity contribution in [1.82, 2.24) is 14.5 Å². The second kappa shape index (κ2) is 7.08. The van der Waals surface area contributed by atoms with E-state index in [2.05, 4.69) is 21.7 Å². The number of carbonyl (C=O) groups is 1. The smallest absolute Gasteiger partial charge is 0.267 e. The molecule has 23 heavy (non-hydrogen) atoms. The van der Waals surface area contributed by atoms with Gasteiger partial charge in [-0.25, -0.2) is 0 Å². The third kappa shape index (κ3) is 3.69. The highest BCUT2D eigenvalue weighted by molar-refractivity contribution is 7.07. The van der Waals surface area contributed by atoms with Crippen molar-refractivity contribution in [1.29, 1.82) is 0 Å². The van der Waals surface area contributed by atoms with Crippen LogP contribution in [0.2, 0.25) is 0 Å². The second-order valence-corrected chi connectivity index (χ2v) is 6.75. The minimum Gasteiger partial charge on any atom is -0.497 e. The van der Waals surface area contributed by atoms with Gasteiger partial charge in [0.2, 0.25) is 0 Å². The number of benzene rings is 1. The van der Waals surface area contributed by atoms with E-state index in [9.17, 15) is 4.79 Å². The summed E-state index contributed by atoms with van der Waals surface area (Å²) in [6.07, 6.45) is 3.21. The SMILES string of the molecule is COc1ccc(CC2CCCN(C(=O)c3snnc3C)C2)cc1. The molecule has 6 heteroatoms. The van der Waals surface area contributed by atoms with Crippen LogP contribution in [0.3, 0.4) is 0 Å². The van der Waals surface area contributed by atoms with Crippen LogP contribution >= 0.6 is 11.5 Å². The lowest BCUT2D eigenvalue weighted by Crippen LogP contribution is -2.40. The molecule has 0 aliphatic carbocycles. The molecule has 1 aromatic carbocycles. The van der Waals surface area contributed by atoms with Gasteiger partial charge in [0.25, 0.3) is 5.91 Å². The number of piperidine rings is 1. The van der Waals surface area contributed by atoms with Crippen LogP contribution in [0.1, 0.15) is 33.8 Å². The van der Waals surface area contributed by atoms with Gasteiger partial charge in [0.05, 0.1) is 12.8 Å². The van der Waals surface area contributed by atoms with Gasteiger partial charge in [0.1, 0.15) is 10.6 Å². The van der Waals surface area contributed by atoms with Gasteiger partial charge in [0.15, 0.2) is 0 Å². The van der Waals surface area contributed by atoms with Gasteiger partial charge >= 0.3 is 0 Å². The molecule has 0 radical (unpaired) electrons. The Morgan fingerprint density at radius 2 is 2.17 bits per heavy atom. The van der Waals surface area contributed by atoms with Crippen LogP contribution in [0.4, 0.5) is 0 Å². The zero-order valence-corrected chi connectivity index (χ0v) is 14.3. The zero-order chi connectivity index (χ0) is 16.2. The molecular formula is C17H21N3O2S. The third-order valence-electron chi connectivity index (χ3n) is 4.34. The van der Waals surface area contributed by atoms with Gasteiger partial charge in [-0.15, -0.1) is 5.10 Å². The molecule has 3 rings (SSSR count). The monoisotopic (exact) mass is 331 g/mol. The first-order chi connectivity index (χ1) is 11.2. The Morgan fingerprint density at radius 3 is 2.83 bits per heavy atom. The van der Waals surface area contributed by atoms with Gasteiger partial charge in [-0.05, 0) is 61.3 Å². The predicted molar refractivity (Wildman–Crippen MR) is 90.0 cm³/mol. The summed E-state index contributed by atoms with van der Waals surface area (Å²) < 4.78 is 9.07. The van der Waals surface area contributed by atoms with Crippen molar-refractivity contribution < 1.29 is 9.53 Å². The first kappa shape index (κ1) is 15.9. The number of hydrogen-bond acceptors (Lipinski definition) is 5. The number of hydrogen-bond donors (Lipinski definition) is 0. The molecule has 1 saturated heterocycles. The number of nitrogens with zero attached hydrogens (tertiary/aromatic N) is 3. The number of aromatic nitrogens is 2. The Bertz CT molecular complexity index is 669. The van der Waals surface area contributed by atoms with Crippen molar-refractivity contribution in [2.75, 3.05) is 20.2 Å². The molecule has 122 valence electrons. The molecule has 0 N–H and O–H groups in total. The van der Waals surface area contributed by atoms with Gasteiger partial charge in [-0.3, -0.25) is 4.79 Å². The number of carbonyl (C=O) groups excluding carboxylic acids is 1. The quantitative estimate of drug-likeness (QED) is 0.864. The molecule has 1 fully saturated rings. The van der Waals surface area contributed by atoms with E-state index in [1.54, 1.807) is 7.11 Å². The number of likely N-dealkylation sites (tertiary alicyclic amines) is 1. The summed E-state index contributed by atoms with van der Waals surface area (Å²) in [5, 5.41) is 3.94. The molecule has 1 unspecified atom stereocenters. The number of aryl methyl sites for hydroxylation is 1. The molecule has 5 nitrogen and oxygen atoms in total. The molecule has 0 saturated carbocycles. The van der Waals surface area contributed by atoms with Gasteiger partial charge in [-0.1, -0.05) is 16.6 Å². The van der Waals surface area contributed by atoms with E-state index in [0.717, 1.165) is 43.8 Å². The fourth-order valence-corrected chi connectivity index (χ4v) is 3.71. The van der Waals surface area contributed by atoms with E-state index in [4.69, 9.17) is 4.74 Å². The van der Waals surface area contributed by atoms with Crippen molar-refractivity contribution >= 4 is 17.4 Å².